The molecule has 0 N–H and O–H groups in total. The SMILES string of the molecule is C=NC/C(C#N)=C1/c2cc(-c3c(F)c(F)c(F)c(F)c3F)ccc2-c2cc3c(cc21)-c1ccc(-c2c(F)c(F)c(F)c(F)c2F)cc1C3=C(C#N)C#N. The lowest BCUT2D eigenvalue weighted by Gasteiger charge is -2.12. The Hall–Kier alpha value is -6.98. The van der Waals surface area contributed by atoms with Gasteiger partial charge in [0.2, 0.25) is 11.6 Å². The van der Waals surface area contributed by atoms with E-state index in [2.05, 4.69) is 11.7 Å². The van der Waals surface area contributed by atoms with Gasteiger partial charge >= 0.3 is 0 Å². The molecular weight excluding hydrogens is 714 g/mol. The summed E-state index contributed by atoms with van der Waals surface area (Å²) in [5.74, 6) is -21.8. The molecule has 14 heteroatoms. The molecule has 0 saturated carbocycles. The average Bonchev–Trinajstić information content (AvgIpc) is 3.64. The normalized spacial score (nSPS) is 13.0. The van der Waals surface area contributed by atoms with Gasteiger partial charge in [-0.2, -0.15) is 15.8 Å². The second-order valence-electron chi connectivity index (χ2n) is 11.7. The first-order chi connectivity index (χ1) is 25.3. The number of rotatable bonds is 4. The third-order valence-electron chi connectivity index (χ3n) is 9.03. The fourth-order valence-corrected chi connectivity index (χ4v) is 6.76. The molecule has 5 aromatic carbocycles. The lowest BCUT2D eigenvalue weighted by Crippen LogP contribution is -2.04. The van der Waals surface area contributed by atoms with E-state index in [0.717, 1.165) is 24.3 Å². The molecule has 5 aromatic rings. The quantitative estimate of drug-likeness (QED) is 0.0595. The fraction of sp³-hybridized carbons (Fsp3) is 0.0256. The summed E-state index contributed by atoms with van der Waals surface area (Å²) in [6.07, 6.45) is 0. The van der Waals surface area contributed by atoms with Gasteiger partial charge in [0, 0.05) is 11.1 Å². The highest BCUT2D eigenvalue weighted by Gasteiger charge is 2.36. The van der Waals surface area contributed by atoms with Crippen LogP contribution in [-0.2, 0) is 0 Å². The van der Waals surface area contributed by atoms with Crippen molar-refractivity contribution in [2.24, 2.45) is 4.99 Å². The number of nitriles is 3. The fourth-order valence-electron chi connectivity index (χ4n) is 6.76. The predicted octanol–water partition coefficient (Wildman–Crippen LogP) is 10.2. The number of hydrogen-bond acceptors (Lipinski definition) is 4. The van der Waals surface area contributed by atoms with E-state index in [1.807, 2.05) is 6.07 Å². The molecule has 0 unspecified atom stereocenters. The maximum atomic E-state index is 14.9. The van der Waals surface area contributed by atoms with E-state index >= 15 is 0 Å². The van der Waals surface area contributed by atoms with Crippen LogP contribution >= 0.6 is 0 Å². The van der Waals surface area contributed by atoms with Crippen LogP contribution in [0.3, 0.4) is 0 Å². The molecule has 0 aliphatic heterocycles. The third-order valence-corrected chi connectivity index (χ3v) is 9.03. The summed E-state index contributed by atoms with van der Waals surface area (Å²) in [6, 6.07) is 15.4. The number of hydrogen-bond donors (Lipinski definition) is 0. The highest BCUT2D eigenvalue weighted by atomic mass is 19.2. The molecule has 0 amide bonds. The predicted molar refractivity (Wildman–Crippen MR) is 171 cm³/mol. The summed E-state index contributed by atoms with van der Waals surface area (Å²) in [6.45, 7) is 3.12. The number of nitrogens with zero attached hydrogens (tertiary/aromatic N) is 4. The molecule has 0 saturated heterocycles. The van der Waals surface area contributed by atoms with E-state index in [-0.39, 0.29) is 56.6 Å². The summed E-state index contributed by atoms with van der Waals surface area (Å²) < 4.78 is 144. The highest BCUT2D eigenvalue weighted by molar-refractivity contribution is 6.11. The van der Waals surface area contributed by atoms with Crippen molar-refractivity contribution in [2.75, 3.05) is 6.54 Å². The summed E-state index contributed by atoms with van der Waals surface area (Å²) in [5.41, 5.74) is -2.08. The number of benzene rings is 5. The van der Waals surface area contributed by atoms with E-state index in [9.17, 15) is 59.7 Å². The summed E-state index contributed by atoms with van der Waals surface area (Å²) in [5, 5.41) is 30.0. The Morgan fingerprint density at radius 1 is 0.453 bits per heavy atom. The summed E-state index contributed by atoms with van der Waals surface area (Å²) in [7, 11) is 0. The zero-order valence-electron chi connectivity index (χ0n) is 26.1. The molecule has 0 spiro atoms. The van der Waals surface area contributed by atoms with E-state index in [1.54, 1.807) is 12.1 Å². The molecule has 7 rings (SSSR count). The van der Waals surface area contributed by atoms with Crippen LogP contribution in [0.15, 0.2) is 64.7 Å². The van der Waals surface area contributed by atoms with Crippen molar-refractivity contribution in [3.63, 3.8) is 0 Å². The van der Waals surface area contributed by atoms with Gasteiger partial charge in [-0.3, -0.25) is 4.99 Å². The zero-order valence-corrected chi connectivity index (χ0v) is 26.1. The van der Waals surface area contributed by atoms with E-state index in [0.29, 0.717) is 11.1 Å². The molecule has 53 heavy (non-hydrogen) atoms. The van der Waals surface area contributed by atoms with Gasteiger partial charge in [0.1, 0.15) is 17.7 Å². The van der Waals surface area contributed by atoms with Gasteiger partial charge in [-0.05, 0) is 86.6 Å². The first kappa shape index (κ1) is 34.5. The lowest BCUT2D eigenvalue weighted by molar-refractivity contribution is 0.381. The Bertz CT molecular complexity index is 2690. The van der Waals surface area contributed by atoms with Crippen molar-refractivity contribution < 1.29 is 43.9 Å². The summed E-state index contributed by atoms with van der Waals surface area (Å²) in [4.78, 5) is 3.77. The number of fused-ring (bicyclic) bond motifs is 6. The molecule has 0 heterocycles. The van der Waals surface area contributed by atoms with Gasteiger partial charge in [0.05, 0.1) is 29.3 Å². The number of allylic oxidation sites excluding steroid dienone is 1. The zero-order chi connectivity index (χ0) is 38.2. The minimum atomic E-state index is -2.37. The first-order valence-corrected chi connectivity index (χ1v) is 14.9. The van der Waals surface area contributed by atoms with Crippen molar-refractivity contribution in [3.8, 4) is 62.7 Å². The van der Waals surface area contributed by atoms with Gasteiger partial charge in [0.15, 0.2) is 46.5 Å². The monoisotopic (exact) mass is 726 g/mol. The van der Waals surface area contributed by atoms with Crippen LogP contribution in [0.5, 0.6) is 0 Å². The minimum Gasteiger partial charge on any atom is -0.295 e. The average molecular weight is 727 g/mol. The Balaban J connectivity index is 1.51. The molecule has 0 bridgehead atoms. The van der Waals surface area contributed by atoms with Crippen molar-refractivity contribution >= 4 is 17.9 Å². The Kier molecular flexibility index (Phi) is 8.04. The van der Waals surface area contributed by atoms with E-state index in [1.165, 1.54) is 24.3 Å². The van der Waals surface area contributed by atoms with Crippen molar-refractivity contribution in [1.82, 2.24) is 0 Å². The lowest BCUT2D eigenvalue weighted by atomic mass is 9.93. The highest BCUT2D eigenvalue weighted by Crippen LogP contribution is 2.54. The van der Waals surface area contributed by atoms with Gasteiger partial charge in [-0.1, -0.05) is 24.3 Å². The molecule has 4 nitrogen and oxygen atoms in total. The molecule has 0 radical (unpaired) electrons. The summed E-state index contributed by atoms with van der Waals surface area (Å²) >= 11 is 0. The largest absolute Gasteiger partial charge is 0.295 e. The van der Waals surface area contributed by atoms with E-state index in [4.69, 9.17) is 0 Å². The standard InChI is InChI=1S/C39H12F10N4/c1-53-13-17(12-52)27-23-7-15(29-32(42)36(46)39(49)37(47)33(29)43)3-5-19(23)21-8-24-20(9-25(21)27)18-4-2-14(6-22(18)26(24)16(10-50)11-51)28-30(40)34(44)38(48)35(45)31(28)41/h2-9H,1,13H2/b27-17-. The topological polar surface area (TPSA) is 83.7 Å². The van der Waals surface area contributed by atoms with Crippen molar-refractivity contribution in [2.45, 2.75) is 0 Å². The smallest absolute Gasteiger partial charge is 0.200 e. The van der Waals surface area contributed by atoms with Crippen LogP contribution < -0.4 is 0 Å². The van der Waals surface area contributed by atoms with Crippen LogP contribution in [0, 0.1) is 92.2 Å². The maximum absolute atomic E-state index is 14.9. The van der Waals surface area contributed by atoms with Crippen LogP contribution in [0.25, 0.3) is 55.7 Å². The van der Waals surface area contributed by atoms with Gasteiger partial charge in [0.25, 0.3) is 0 Å². The second kappa shape index (κ2) is 12.4. The number of aliphatic imine (C=N–C) groups is 1. The molecule has 0 fully saturated rings. The molecule has 258 valence electrons. The molecular formula is C39H12F10N4. The number of halogens is 10. The molecule has 0 atom stereocenters. The van der Waals surface area contributed by atoms with Crippen LogP contribution in [0.1, 0.15) is 22.3 Å². The van der Waals surface area contributed by atoms with Crippen LogP contribution in [-0.4, -0.2) is 13.3 Å². The van der Waals surface area contributed by atoms with Crippen molar-refractivity contribution in [1.29, 1.82) is 15.8 Å². The van der Waals surface area contributed by atoms with Gasteiger partial charge in [-0.25, -0.2) is 43.9 Å². The van der Waals surface area contributed by atoms with Crippen LogP contribution in [0.2, 0.25) is 0 Å². The Morgan fingerprint density at radius 3 is 1.19 bits per heavy atom. The molecule has 0 aromatic heterocycles. The van der Waals surface area contributed by atoms with Gasteiger partial charge < -0.3 is 0 Å². The minimum absolute atomic E-state index is 0.0175. The second-order valence-corrected chi connectivity index (χ2v) is 11.7. The first-order valence-electron chi connectivity index (χ1n) is 14.9. The maximum Gasteiger partial charge on any atom is 0.200 e. The van der Waals surface area contributed by atoms with Crippen molar-refractivity contribution in [3.05, 3.63) is 140 Å². The molecule has 2 aliphatic rings. The third kappa shape index (κ3) is 4.78. The van der Waals surface area contributed by atoms with E-state index < -0.39 is 86.0 Å². The van der Waals surface area contributed by atoms with Crippen LogP contribution in [0.4, 0.5) is 43.9 Å². The molecule has 2 aliphatic carbocycles. The Morgan fingerprint density at radius 2 is 0.811 bits per heavy atom. The Labute approximate surface area is 291 Å². The van der Waals surface area contributed by atoms with Gasteiger partial charge in [-0.15, -0.1) is 0 Å².